The summed E-state index contributed by atoms with van der Waals surface area (Å²) in [6.07, 6.45) is 1.66. The summed E-state index contributed by atoms with van der Waals surface area (Å²) in [6.45, 7) is 2.49. The van der Waals surface area contributed by atoms with Crippen LogP contribution in [-0.4, -0.2) is 18.4 Å². The van der Waals surface area contributed by atoms with E-state index in [2.05, 4.69) is 34.9 Å². The van der Waals surface area contributed by atoms with Crippen LogP contribution >= 0.6 is 12.2 Å². The Morgan fingerprint density at radius 1 is 1.00 bits per heavy atom. The van der Waals surface area contributed by atoms with Crippen LogP contribution in [0, 0.1) is 6.92 Å². The second-order valence-electron chi connectivity index (χ2n) is 6.34. The molecule has 0 atom stereocenters. The average molecular weight is 406 g/mol. The standard InChI is InChI=1S/C23H23N3O2S/c1-17-11-13-18(14-12-17)16-28-22-19(7-6-10-21(22)27-2)15-24-26-23(29)25-20-8-4-3-5-9-20/h3-15H,16H2,1-2H3,(H2,25,26,29). The molecular formula is C23H23N3O2S. The number of nitrogens with zero attached hydrogens (tertiary/aromatic N) is 1. The minimum Gasteiger partial charge on any atom is -0.493 e. The van der Waals surface area contributed by atoms with Crippen molar-refractivity contribution in [3.63, 3.8) is 0 Å². The molecule has 6 heteroatoms. The molecule has 0 unspecified atom stereocenters. The number of hydrazone groups is 1. The molecule has 29 heavy (non-hydrogen) atoms. The van der Waals surface area contributed by atoms with Gasteiger partial charge >= 0.3 is 0 Å². The zero-order valence-electron chi connectivity index (χ0n) is 16.4. The predicted octanol–water partition coefficient (Wildman–Crippen LogP) is 4.90. The van der Waals surface area contributed by atoms with E-state index in [1.807, 2.05) is 60.7 Å². The molecule has 0 bridgehead atoms. The lowest BCUT2D eigenvalue weighted by molar-refractivity contribution is 0.284. The number of para-hydroxylation sites is 2. The number of hydrogen-bond acceptors (Lipinski definition) is 4. The number of thiocarbonyl (C=S) groups is 1. The molecular weight excluding hydrogens is 382 g/mol. The second-order valence-corrected chi connectivity index (χ2v) is 6.75. The van der Waals surface area contributed by atoms with Crippen molar-refractivity contribution in [3.8, 4) is 11.5 Å². The highest BCUT2D eigenvalue weighted by Gasteiger charge is 2.10. The third-order valence-corrected chi connectivity index (χ3v) is 4.33. The Bertz CT molecular complexity index is 973. The van der Waals surface area contributed by atoms with Crippen molar-refractivity contribution < 1.29 is 9.47 Å². The fourth-order valence-electron chi connectivity index (χ4n) is 2.63. The normalized spacial score (nSPS) is 10.6. The molecule has 0 heterocycles. The number of nitrogens with one attached hydrogen (secondary N) is 2. The van der Waals surface area contributed by atoms with E-state index in [1.54, 1.807) is 13.3 Å². The molecule has 0 aliphatic rings. The lowest BCUT2D eigenvalue weighted by Gasteiger charge is -2.13. The van der Waals surface area contributed by atoms with E-state index in [9.17, 15) is 0 Å². The molecule has 0 saturated heterocycles. The maximum absolute atomic E-state index is 6.05. The number of methoxy groups -OCH3 is 1. The first-order valence-electron chi connectivity index (χ1n) is 9.16. The summed E-state index contributed by atoms with van der Waals surface area (Å²) in [4.78, 5) is 0. The summed E-state index contributed by atoms with van der Waals surface area (Å²) in [5.74, 6) is 1.27. The van der Waals surface area contributed by atoms with Crippen LogP contribution in [0.4, 0.5) is 5.69 Å². The lowest BCUT2D eigenvalue weighted by Crippen LogP contribution is -2.23. The summed E-state index contributed by atoms with van der Waals surface area (Å²) < 4.78 is 11.5. The van der Waals surface area contributed by atoms with Crippen LogP contribution in [0.25, 0.3) is 0 Å². The highest BCUT2D eigenvalue weighted by Crippen LogP contribution is 2.30. The zero-order valence-corrected chi connectivity index (χ0v) is 17.2. The monoisotopic (exact) mass is 405 g/mol. The third-order valence-electron chi connectivity index (χ3n) is 4.13. The number of aryl methyl sites for hydroxylation is 1. The van der Waals surface area contributed by atoms with Gasteiger partial charge in [-0.1, -0.05) is 54.1 Å². The molecule has 0 saturated carbocycles. The SMILES string of the molecule is COc1cccc(C=NNC(=S)Nc2ccccc2)c1OCc1ccc(C)cc1. The number of benzene rings is 3. The van der Waals surface area contributed by atoms with Gasteiger partial charge in [0.2, 0.25) is 0 Å². The molecule has 0 aliphatic heterocycles. The van der Waals surface area contributed by atoms with Crippen molar-refractivity contribution in [2.24, 2.45) is 5.10 Å². The number of rotatable bonds is 7. The fraction of sp³-hybridized carbons (Fsp3) is 0.130. The number of anilines is 1. The van der Waals surface area contributed by atoms with Crippen LogP contribution in [0.5, 0.6) is 11.5 Å². The van der Waals surface area contributed by atoms with E-state index in [0.29, 0.717) is 23.2 Å². The third kappa shape index (κ3) is 6.05. The minimum absolute atomic E-state index is 0.400. The minimum atomic E-state index is 0.400. The van der Waals surface area contributed by atoms with Gasteiger partial charge in [0.15, 0.2) is 16.6 Å². The Morgan fingerprint density at radius 3 is 2.48 bits per heavy atom. The molecule has 0 amide bonds. The second kappa shape index (κ2) is 10.2. The van der Waals surface area contributed by atoms with Gasteiger partial charge < -0.3 is 14.8 Å². The summed E-state index contributed by atoms with van der Waals surface area (Å²) in [5.41, 5.74) is 6.79. The highest BCUT2D eigenvalue weighted by atomic mass is 32.1. The summed E-state index contributed by atoms with van der Waals surface area (Å²) in [6, 6.07) is 23.5. The maximum Gasteiger partial charge on any atom is 0.191 e. The molecule has 5 nitrogen and oxygen atoms in total. The number of ether oxygens (including phenoxy) is 2. The number of hydrogen-bond donors (Lipinski definition) is 2. The smallest absolute Gasteiger partial charge is 0.191 e. The molecule has 0 aliphatic carbocycles. The van der Waals surface area contributed by atoms with E-state index in [4.69, 9.17) is 21.7 Å². The molecule has 148 valence electrons. The topological polar surface area (TPSA) is 54.9 Å². The van der Waals surface area contributed by atoms with E-state index >= 15 is 0 Å². The molecule has 0 radical (unpaired) electrons. The molecule has 0 fully saturated rings. The van der Waals surface area contributed by atoms with Gasteiger partial charge in [-0.2, -0.15) is 5.10 Å². The first-order valence-corrected chi connectivity index (χ1v) is 9.57. The molecule has 2 N–H and O–H groups in total. The van der Waals surface area contributed by atoms with Crippen molar-refractivity contribution in [2.75, 3.05) is 12.4 Å². The lowest BCUT2D eigenvalue weighted by atomic mass is 10.1. The zero-order chi connectivity index (χ0) is 20.5. The predicted molar refractivity (Wildman–Crippen MR) is 122 cm³/mol. The summed E-state index contributed by atoms with van der Waals surface area (Å²) in [7, 11) is 1.62. The van der Waals surface area contributed by atoms with Crippen LogP contribution in [0.2, 0.25) is 0 Å². The molecule has 3 rings (SSSR count). The van der Waals surface area contributed by atoms with Crippen molar-refractivity contribution in [2.45, 2.75) is 13.5 Å². The van der Waals surface area contributed by atoms with Gasteiger partial charge in [-0.3, -0.25) is 5.43 Å². The van der Waals surface area contributed by atoms with Crippen LogP contribution in [0.3, 0.4) is 0 Å². The summed E-state index contributed by atoms with van der Waals surface area (Å²) in [5, 5.41) is 7.69. The molecule has 3 aromatic carbocycles. The first kappa shape index (κ1) is 20.4. The molecule has 0 aromatic heterocycles. The van der Waals surface area contributed by atoms with Crippen molar-refractivity contribution in [1.29, 1.82) is 0 Å². The van der Waals surface area contributed by atoms with Gasteiger partial charge in [0.05, 0.1) is 13.3 Å². The van der Waals surface area contributed by atoms with Crippen LogP contribution in [-0.2, 0) is 6.61 Å². The van der Waals surface area contributed by atoms with E-state index in [-0.39, 0.29) is 0 Å². The molecule has 0 spiro atoms. The Labute approximate surface area is 176 Å². The molecule has 3 aromatic rings. The Kier molecular flexibility index (Phi) is 7.19. The largest absolute Gasteiger partial charge is 0.493 e. The Hall–Kier alpha value is -3.38. The van der Waals surface area contributed by atoms with E-state index < -0.39 is 0 Å². The average Bonchev–Trinajstić information content (AvgIpc) is 2.74. The van der Waals surface area contributed by atoms with Gasteiger partial charge in [0.25, 0.3) is 0 Å². The van der Waals surface area contributed by atoms with Crippen LogP contribution < -0.4 is 20.2 Å². The van der Waals surface area contributed by atoms with Gasteiger partial charge in [-0.15, -0.1) is 0 Å². The Morgan fingerprint density at radius 2 is 1.76 bits per heavy atom. The Balaban J connectivity index is 1.67. The van der Waals surface area contributed by atoms with Crippen LogP contribution in [0.15, 0.2) is 77.9 Å². The first-order chi connectivity index (χ1) is 14.2. The van der Waals surface area contributed by atoms with Gasteiger partial charge in [-0.05, 0) is 49.0 Å². The maximum atomic E-state index is 6.05. The highest BCUT2D eigenvalue weighted by molar-refractivity contribution is 7.80. The van der Waals surface area contributed by atoms with Crippen LogP contribution in [0.1, 0.15) is 16.7 Å². The van der Waals surface area contributed by atoms with E-state index in [1.165, 1.54) is 5.56 Å². The van der Waals surface area contributed by atoms with Gasteiger partial charge in [-0.25, -0.2) is 0 Å². The fourth-order valence-corrected chi connectivity index (χ4v) is 2.80. The van der Waals surface area contributed by atoms with Crippen molar-refractivity contribution in [1.82, 2.24) is 5.43 Å². The van der Waals surface area contributed by atoms with Crippen molar-refractivity contribution in [3.05, 3.63) is 89.5 Å². The van der Waals surface area contributed by atoms with E-state index in [0.717, 1.165) is 16.8 Å². The van der Waals surface area contributed by atoms with Gasteiger partial charge in [0, 0.05) is 11.3 Å². The van der Waals surface area contributed by atoms with Gasteiger partial charge in [0.1, 0.15) is 6.61 Å². The summed E-state index contributed by atoms with van der Waals surface area (Å²) >= 11 is 5.27. The van der Waals surface area contributed by atoms with Crippen molar-refractivity contribution >= 4 is 29.2 Å². The quantitative estimate of drug-likeness (QED) is 0.333.